The molecule has 0 aromatic heterocycles. The van der Waals surface area contributed by atoms with Gasteiger partial charge in [0.25, 0.3) is 0 Å². The Kier molecular flexibility index (Phi) is 3.84. The monoisotopic (exact) mass is 229 g/mol. The summed E-state index contributed by atoms with van der Waals surface area (Å²) < 4.78 is 27.2. The fraction of sp³-hybridized carbons (Fsp3) is 0.400. The number of sulfonamides is 1. The lowest BCUT2D eigenvalue weighted by atomic mass is 10.1. The van der Waals surface area contributed by atoms with Crippen molar-refractivity contribution in [3.8, 4) is 0 Å². The zero-order chi connectivity index (χ0) is 11.5. The van der Waals surface area contributed by atoms with Crippen LogP contribution in [0.1, 0.15) is 25.5 Å². The van der Waals surface area contributed by atoms with Gasteiger partial charge in [-0.25, -0.2) is 13.6 Å². The van der Waals surface area contributed by atoms with Crippen LogP contribution in [0.4, 0.5) is 0 Å². The van der Waals surface area contributed by atoms with Crippen LogP contribution in [-0.2, 0) is 14.8 Å². The van der Waals surface area contributed by atoms with E-state index in [0.717, 1.165) is 5.56 Å². The van der Waals surface area contributed by atoms with Crippen LogP contribution in [0.15, 0.2) is 30.3 Å². The third-order valence-electron chi connectivity index (χ3n) is 2.13. The molecule has 15 heavy (non-hydrogen) atoms. The van der Waals surface area contributed by atoms with E-state index in [1.54, 1.807) is 6.92 Å². The van der Waals surface area contributed by atoms with E-state index in [0.29, 0.717) is 0 Å². The van der Waals surface area contributed by atoms with Gasteiger partial charge >= 0.3 is 0 Å². The molecule has 5 heteroatoms. The molecule has 0 bridgehead atoms. The number of nitrogens with two attached hydrogens (primary N) is 1. The molecule has 0 saturated carbocycles. The Balaban J connectivity index is 2.69. The van der Waals surface area contributed by atoms with Crippen molar-refractivity contribution in [3.63, 3.8) is 0 Å². The smallest absolute Gasteiger partial charge is 0.235 e. The van der Waals surface area contributed by atoms with Gasteiger partial charge in [-0.15, -0.1) is 0 Å². The molecule has 4 nitrogen and oxygen atoms in total. The van der Waals surface area contributed by atoms with E-state index in [1.165, 1.54) is 6.92 Å². The van der Waals surface area contributed by atoms with Gasteiger partial charge in [0.15, 0.2) is 5.44 Å². The molecule has 0 radical (unpaired) electrons. The third kappa shape index (κ3) is 3.62. The molecular weight excluding hydrogens is 214 g/mol. The van der Waals surface area contributed by atoms with Crippen molar-refractivity contribution in [2.45, 2.75) is 25.4 Å². The van der Waals surface area contributed by atoms with Crippen molar-refractivity contribution in [1.82, 2.24) is 0 Å². The van der Waals surface area contributed by atoms with Crippen LogP contribution in [-0.4, -0.2) is 13.9 Å². The first-order chi connectivity index (χ1) is 6.91. The number of rotatable bonds is 4. The SMILES string of the molecule is CC(OC(C)S(N)(=O)=O)c1ccccc1. The molecule has 2 atom stereocenters. The average molecular weight is 229 g/mol. The molecule has 0 fully saturated rings. The highest BCUT2D eigenvalue weighted by Gasteiger charge is 2.19. The van der Waals surface area contributed by atoms with Gasteiger partial charge in [-0.1, -0.05) is 30.3 Å². The van der Waals surface area contributed by atoms with Gasteiger partial charge in [0.1, 0.15) is 0 Å². The van der Waals surface area contributed by atoms with E-state index in [9.17, 15) is 8.42 Å². The van der Waals surface area contributed by atoms with E-state index in [-0.39, 0.29) is 6.10 Å². The molecule has 0 aliphatic rings. The summed E-state index contributed by atoms with van der Waals surface area (Å²) in [7, 11) is -3.63. The summed E-state index contributed by atoms with van der Waals surface area (Å²) in [5.41, 5.74) is -0.0688. The number of benzene rings is 1. The number of hydrogen-bond acceptors (Lipinski definition) is 3. The molecule has 0 heterocycles. The largest absolute Gasteiger partial charge is 0.354 e. The summed E-state index contributed by atoms with van der Waals surface area (Å²) in [6, 6.07) is 9.38. The van der Waals surface area contributed by atoms with Gasteiger partial charge in [-0.3, -0.25) is 0 Å². The zero-order valence-electron chi connectivity index (χ0n) is 8.75. The van der Waals surface area contributed by atoms with Crippen LogP contribution in [0, 0.1) is 0 Å². The van der Waals surface area contributed by atoms with Crippen LogP contribution < -0.4 is 5.14 Å². The molecule has 0 amide bonds. The lowest BCUT2D eigenvalue weighted by molar-refractivity contribution is 0.0504. The van der Waals surface area contributed by atoms with Crippen molar-refractivity contribution in [2.24, 2.45) is 5.14 Å². The minimum absolute atomic E-state index is 0.292. The van der Waals surface area contributed by atoms with Gasteiger partial charge < -0.3 is 4.74 Å². The molecule has 2 unspecified atom stereocenters. The second-order valence-corrected chi connectivity index (χ2v) is 5.19. The van der Waals surface area contributed by atoms with E-state index < -0.39 is 15.5 Å². The molecule has 1 aromatic carbocycles. The molecular formula is C10H15NO3S. The Bertz CT molecular complexity index is 402. The fourth-order valence-electron chi connectivity index (χ4n) is 1.17. The number of hydrogen-bond donors (Lipinski definition) is 1. The van der Waals surface area contributed by atoms with Gasteiger partial charge in [0.2, 0.25) is 10.0 Å². The van der Waals surface area contributed by atoms with Gasteiger partial charge in [-0.05, 0) is 19.4 Å². The summed E-state index contributed by atoms with van der Waals surface area (Å²) in [4.78, 5) is 0. The minimum Gasteiger partial charge on any atom is -0.354 e. The Morgan fingerprint density at radius 1 is 1.20 bits per heavy atom. The Labute approximate surface area is 90.1 Å². The lowest BCUT2D eigenvalue weighted by Crippen LogP contribution is -2.29. The number of primary sulfonamides is 1. The molecule has 0 saturated heterocycles. The maximum absolute atomic E-state index is 11.0. The predicted molar refractivity (Wildman–Crippen MR) is 58.5 cm³/mol. The first-order valence-corrected chi connectivity index (χ1v) is 6.24. The number of ether oxygens (including phenoxy) is 1. The normalized spacial score (nSPS) is 15.9. The summed E-state index contributed by atoms with van der Waals surface area (Å²) >= 11 is 0. The highest BCUT2D eigenvalue weighted by molar-refractivity contribution is 7.89. The molecule has 1 aromatic rings. The molecule has 2 N–H and O–H groups in total. The van der Waals surface area contributed by atoms with Crippen LogP contribution in [0.25, 0.3) is 0 Å². The van der Waals surface area contributed by atoms with Crippen LogP contribution in [0.5, 0.6) is 0 Å². The maximum atomic E-state index is 11.0. The first-order valence-electron chi connectivity index (χ1n) is 4.63. The molecule has 1 rings (SSSR count). The Hall–Kier alpha value is -0.910. The Morgan fingerprint density at radius 3 is 2.20 bits per heavy atom. The molecule has 0 spiro atoms. The van der Waals surface area contributed by atoms with Gasteiger partial charge in [-0.2, -0.15) is 0 Å². The molecule has 84 valence electrons. The van der Waals surface area contributed by atoms with Crippen molar-refractivity contribution >= 4 is 10.0 Å². The van der Waals surface area contributed by atoms with Crippen molar-refractivity contribution < 1.29 is 13.2 Å². The van der Waals surface area contributed by atoms with Crippen molar-refractivity contribution in [3.05, 3.63) is 35.9 Å². The van der Waals surface area contributed by atoms with Crippen molar-refractivity contribution in [2.75, 3.05) is 0 Å². The second kappa shape index (κ2) is 4.74. The predicted octanol–water partition coefficient (Wildman–Crippen LogP) is 1.40. The minimum atomic E-state index is -3.63. The quantitative estimate of drug-likeness (QED) is 0.848. The van der Waals surface area contributed by atoms with Crippen LogP contribution >= 0.6 is 0 Å². The summed E-state index contributed by atoms with van der Waals surface area (Å²) in [6.07, 6.45) is -0.292. The summed E-state index contributed by atoms with van der Waals surface area (Å²) in [5, 5.41) is 4.95. The Morgan fingerprint density at radius 2 is 1.73 bits per heavy atom. The van der Waals surface area contributed by atoms with E-state index in [2.05, 4.69) is 0 Å². The first kappa shape index (κ1) is 12.2. The fourth-order valence-corrected chi connectivity index (χ4v) is 1.49. The zero-order valence-corrected chi connectivity index (χ0v) is 9.57. The molecule has 0 aliphatic heterocycles. The van der Waals surface area contributed by atoms with Gasteiger partial charge in [0, 0.05) is 0 Å². The summed E-state index contributed by atoms with van der Waals surface area (Å²) in [6.45, 7) is 3.21. The van der Waals surface area contributed by atoms with Crippen molar-refractivity contribution in [1.29, 1.82) is 0 Å². The van der Waals surface area contributed by atoms with Crippen LogP contribution in [0.3, 0.4) is 0 Å². The van der Waals surface area contributed by atoms with E-state index in [1.807, 2.05) is 30.3 Å². The van der Waals surface area contributed by atoms with E-state index in [4.69, 9.17) is 9.88 Å². The van der Waals surface area contributed by atoms with Gasteiger partial charge in [0.05, 0.1) is 6.10 Å². The van der Waals surface area contributed by atoms with Crippen LogP contribution in [0.2, 0.25) is 0 Å². The van der Waals surface area contributed by atoms with E-state index >= 15 is 0 Å². The third-order valence-corrected chi connectivity index (χ3v) is 3.16. The highest BCUT2D eigenvalue weighted by Crippen LogP contribution is 2.18. The molecule has 0 aliphatic carbocycles. The summed E-state index contributed by atoms with van der Waals surface area (Å²) in [5.74, 6) is 0. The highest BCUT2D eigenvalue weighted by atomic mass is 32.2. The maximum Gasteiger partial charge on any atom is 0.235 e. The average Bonchev–Trinajstić information content (AvgIpc) is 2.17. The lowest BCUT2D eigenvalue weighted by Gasteiger charge is -2.17. The standard InChI is InChI=1S/C10H15NO3S/c1-8(10-6-4-3-5-7-10)14-9(2)15(11,12)13/h3-9H,1-2H3,(H2,11,12,13). The second-order valence-electron chi connectivity index (χ2n) is 3.35. The topological polar surface area (TPSA) is 69.4 Å².